The lowest BCUT2D eigenvalue weighted by Crippen LogP contribution is -2.52. The quantitative estimate of drug-likeness (QED) is 0.833. The number of carbonyl (C=O) groups is 2. The molecule has 0 N–H and O–H groups in total. The van der Waals surface area contributed by atoms with E-state index in [1.807, 2.05) is 35.2 Å². The van der Waals surface area contributed by atoms with Crippen LogP contribution in [0.3, 0.4) is 0 Å². The van der Waals surface area contributed by atoms with Crippen LogP contribution in [0.5, 0.6) is 0 Å². The average Bonchev–Trinajstić information content (AvgIpc) is 3.32. The molecule has 1 aromatic carbocycles. The van der Waals surface area contributed by atoms with Crippen LogP contribution in [0, 0.1) is 5.41 Å². The molecule has 0 saturated carbocycles. The summed E-state index contributed by atoms with van der Waals surface area (Å²) in [6.45, 7) is 5.99. The van der Waals surface area contributed by atoms with Crippen LogP contribution in [-0.4, -0.2) is 62.3 Å². The van der Waals surface area contributed by atoms with Crippen molar-refractivity contribution in [1.29, 1.82) is 0 Å². The Balaban J connectivity index is 1.50. The molecule has 3 heterocycles. The summed E-state index contributed by atoms with van der Waals surface area (Å²) in [6, 6.07) is 9.78. The maximum Gasteiger partial charge on any atom is 0.276 e. The van der Waals surface area contributed by atoms with Crippen molar-refractivity contribution < 1.29 is 9.59 Å². The van der Waals surface area contributed by atoms with E-state index < -0.39 is 5.41 Å². The number of nitrogens with zero attached hydrogens (tertiary/aromatic N) is 5. The Labute approximate surface area is 158 Å². The Kier molecular flexibility index (Phi) is 4.45. The molecule has 2 aromatic rings. The number of aromatic nitrogens is 3. The zero-order chi connectivity index (χ0) is 19.0. The highest BCUT2D eigenvalue weighted by Crippen LogP contribution is 2.41. The third-order valence-electron chi connectivity index (χ3n) is 5.77. The first-order chi connectivity index (χ1) is 13.0. The van der Waals surface area contributed by atoms with Gasteiger partial charge in [0.1, 0.15) is 0 Å². The van der Waals surface area contributed by atoms with Crippen LogP contribution in [0.15, 0.2) is 36.5 Å². The molecular formula is C20H25N5O2. The molecule has 0 bridgehead atoms. The normalized spacial score (nSPS) is 22.9. The van der Waals surface area contributed by atoms with Gasteiger partial charge < -0.3 is 9.80 Å². The molecule has 142 valence electrons. The van der Waals surface area contributed by atoms with Crippen molar-refractivity contribution in [2.75, 3.05) is 19.6 Å². The molecule has 0 aliphatic carbocycles. The number of piperidine rings is 1. The van der Waals surface area contributed by atoms with Gasteiger partial charge in [0.25, 0.3) is 5.91 Å². The molecule has 27 heavy (non-hydrogen) atoms. The molecule has 0 radical (unpaired) electrons. The Morgan fingerprint density at radius 3 is 2.67 bits per heavy atom. The Morgan fingerprint density at radius 2 is 1.93 bits per heavy atom. The second-order valence-corrected chi connectivity index (χ2v) is 7.84. The number of benzene rings is 1. The second-order valence-electron chi connectivity index (χ2n) is 7.84. The van der Waals surface area contributed by atoms with Crippen LogP contribution in [0.1, 0.15) is 43.6 Å². The third kappa shape index (κ3) is 3.11. The minimum absolute atomic E-state index is 0.150. The van der Waals surface area contributed by atoms with Crippen LogP contribution in [0.2, 0.25) is 0 Å². The molecular weight excluding hydrogens is 342 g/mol. The van der Waals surface area contributed by atoms with Gasteiger partial charge in [-0.25, -0.2) is 4.68 Å². The van der Waals surface area contributed by atoms with Gasteiger partial charge in [0.15, 0.2) is 5.69 Å². The van der Waals surface area contributed by atoms with Gasteiger partial charge in [-0.2, -0.15) is 0 Å². The fourth-order valence-corrected chi connectivity index (χ4v) is 4.25. The fourth-order valence-electron chi connectivity index (χ4n) is 4.25. The van der Waals surface area contributed by atoms with Gasteiger partial charge in [-0.1, -0.05) is 23.4 Å². The molecule has 7 heteroatoms. The van der Waals surface area contributed by atoms with Gasteiger partial charge in [0.2, 0.25) is 5.91 Å². The number of amides is 2. The molecule has 2 aliphatic rings. The average molecular weight is 367 g/mol. The van der Waals surface area contributed by atoms with Gasteiger partial charge in [-0.3, -0.25) is 9.59 Å². The van der Waals surface area contributed by atoms with Gasteiger partial charge in [0, 0.05) is 25.7 Å². The van der Waals surface area contributed by atoms with Crippen LogP contribution in [0.25, 0.3) is 5.69 Å². The van der Waals surface area contributed by atoms with Gasteiger partial charge in [0.05, 0.1) is 17.3 Å². The summed E-state index contributed by atoms with van der Waals surface area (Å²) < 4.78 is 1.60. The maximum absolute atomic E-state index is 13.0. The molecule has 4 rings (SSSR count). The molecule has 2 amide bonds. The lowest BCUT2D eigenvalue weighted by atomic mass is 9.78. The predicted octanol–water partition coefficient (Wildman–Crippen LogP) is 2.13. The van der Waals surface area contributed by atoms with E-state index in [1.165, 1.54) is 0 Å². The standard InChI is InChI=1S/C20H25N5O2/c1-15(2)24-11-6-9-20(19(24)27)10-12-23(14-20)18(26)17-13-25(22-21-17)16-7-4-3-5-8-16/h3-5,7-8,13,15H,6,9-12,14H2,1-2H3. The van der Waals surface area contributed by atoms with Crippen LogP contribution in [-0.2, 0) is 4.79 Å². The molecule has 7 nitrogen and oxygen atoms in total. The highest BCUT2D eigenvalue weighted by molar-refractivity contribution is 5.93. The molecule has 1 atom stereocenters. The summed E-state index contributed by atoms with van der Waals surface area (Å²) in [5.74, 6) is 0.0514. The van der Waals surface area contributed by atoms with E-state index >= 15 is 0 Å². The zero-order valence-corrected chi connectivity index (χ0v) is 15.8. The van der Waals surface area contributed by atoms with Crippen molar-refractivity contribution in [2.45, 2.75) is 39.2 Å². The van der Waals surface area contributed by atoms with Crippen molar-refractivity contribution in [3.8, 4) is 5.69 Å². The summed E-state index contributed by atoms with van der Waals surface area (Å²) in [7, 11) is 0. The summed E-state index contributed by atoms with van der Waals surface area (Å²) >= 11 is 0. The Morgan fingerprint density at radius 1 is 1.15 bits per heavy atom. The largest absolute Gasteiger partial charge is 0.340 e. The number of hydrogen-bond acceptors (Lipinski definition) is 4. The van der Waals surface area contributed by atoms with E-state index in [0.717, 1.165) is 31.5 Å². The zero-order valence-electron chi connectivity index (χ0n) is 15.8. The summed E-state index contributed by atoms with van der Waals surface area (Å²) in [5.41, 5.74) is 0.755. The summed E-state index contributed by atoms with van der Waals surface area (Å²) in [6.07, 6.45) is 4.24. The first-order valence-electron chi connectivity index (χ1n) is 9.58. The monoisotopic (exact) mass is 367 g/mol. The number of likely N-dealkylation sites (tertiary alicyclic amines) is 2. The van der Waals surface area contributed by atoms with Crippen molar-refractivity contribution in [2.24, 2.45) is 5.41 Å². The molecule has 1 aromatic heterocycles. The molecule has 2 saturated heterocycles. The molecule has 2 aliphatic heterocycles. The number of rotatable bonds is 3. The minimum atomic E-state index is -0.423. The SMILES string of the molecule is CC(C)N1CCCC2(CCN(C(=O)c3cn(-c4ccccc4)nn3)C2)C1=O. The number of carbonyl (C=O) groups excluding carboxylic acids is 2. The van der Waals surface area contributed by atoms with E-state index in [4.69, 9.17) is 0 Å². The first-order valence-corrected chi connectivity index (χ1v) is 9.58. The van der Waals surface area contributed by atoms with E-state index in [-0.39, 0.29) is 17.9 Å². The highest BCUT2D eigenvalue weighted by atomic mass is 16.2. The van der Waals surface area contributed by atoms with Gasteiger partial charge in [-0.15, -0.1) is 5.10 Å². The summed E-state index contributed by atoms with van der Waals surface area (Å²) in [5, 5.41) is 8.14. The lowest BCUT2D eigenvalue weighted by molar-refractivity contribution is -0.147. The van der Waals surface area contributed by atoms with Crippen molar-refractivity contribution in [1.82, 2.24) is 24.8 Å². The molecule has 1 unspecified atom stereocenters. The van der Waals surface area contributed by atoms with Gasteiger partial charge >= 0.3 is 0 Å². The van der Waals surface area contributed by atoms with E-state index in [2.05, 4.69) is 24.2 Å². The van der Waals surface area contributed by atoms with Crippen molar-refractivity contribution in [3.63, 3.8) is 0 Å². The Bertz CT molecular complexity index is 847. The lowest BCUT2D eigenvalue weighted by Gasteiger charge is -2.41. The fraction of sp³-hybridized carbons (Fsp3) is 0.500. The third-order valence-corrected chi connectivity index (χ3v) is 5.77. The highest BCUT2D eigenvalue weighted by Gasteiger charge is 2.50. The number of hydrogen-bond donors (Lipinski definition) is 0. The topological polar surface area (TPSA) is 71.3 Å². The van der Waals surface area contributed by atoms with Crippen molar-refractivity contribution in [3.05, 3.63) is 42.2 Å². The van der Waals surface area contributed by atoms with E-state index in [1.54, 1.807) is 15.8 Å². The van der Waals surface area contributed by atoms with Crippen LogP contribution >= 0.6 is 0 Å². The van der Waals surface area contributed by atoms with E-state index in [9.17, 15) is 9.59 Å². The van der Waals surface area contributed by atoms with Gasteiger partial charge in [-0.05, 0) is 45.2 Å². The molecule has 1 spiro atoms. The van der Waals surface area contributed by atoms with Crippen LogP contribution < -0.4 is 0 Å². The first kappa shape index (κ1) is 17.7. The van der Waals surface area contributed by atoms with Crippen molar-refractivity contribution >= 4 is 11.8 Å². The van der Waals surface area contributed by atoms with E-state index in [0.29, 0.717) is 18.8 Å². The van der Waals surface area contributed by atoms with Crippen LogP contribution in [0.4, 0.5) is 0 Å². The second kappa shape index (κ2) is 6.79. The smallest absolute Gasteiger partial charge is 0.276 e. The predicted molar refractivity (Wildman–Crippen MR) is 100 cm³/mol. The number of para-hydroxylation sites is 1. The molecule has 2 fully saturated rings. The minimum Gasteiger partial charge on any atom is -0.340 e. The Hall–Kier alpha value is -2.70. The maximum atomic E-state index is 13.0. The summed E-state index contributed by atoms with van der Waals surface area (Å²) in [4.78, 5) is 29.7.